The van der Waals surface area contributed by atoms with Crippen LogP contribution in [0.5, 0.6) is 0 Å². The van der Waals surface area contributed by atoms with Gasteiger partial charge in [-0.15, -0.1) is 0 Å². The standard InChI is InChI=1S/C16H26.C11H16O4/c1-3-7-11-15(12-8-4-1)16-13-9-5-2-6-10-14-16;12-10(13)8-11(14)15-9-6-4-2-1-3-5-7-9/h1-3,5,15-16H,4,6-14H2;1-2,9H,3-8H2,(H,12,13)/b3-1-,5-2?;2-1-. The van der Waals surface area contributed by atoms with E-state index in [0.29, 0.717) is 0 Å². The van der Waals surface area contributed by atoms with Crippen LogP contribution in [0.25, 0.3) is 0 Å². The maximum atomic E-state index is 11.1. The first-order valence-corrected chi connectivity index (χ1v) is 12.5. The molecule has 3 rings (SSSR count). The Balaban J connectivity index is 0.000000221. The monoisotopic (exact) mass is 430 g/mol. The third-order valence-electron chi connectivity index (χ3n) is 6.61. The first-order chi connectivity index (χ1) is 15.1. The zero-order valence-electron chi connectivity index (χ0n) is 19.2. The second kappa shape index (κ2) is 15.9. The molecular weight excluding hydrogens is 388 g/mol. The van der Waals surface area contributed by atoms with E-state index in [2.05, 4.69) is 36.5 Å². The van der Waals surface area contributed by atoms with Gasteiger partial charge in [-0.25, -0.2) is 0 Å². The van der Waals surface area contributed by atoms with Crippen molar-refractivity contribution in [2.75, 3.05) is 0 Å². The predicted octanol–water partition coefficient (Wildman–Crippen LogP) is 7.15. The summed E-state index contributed by atoms with van der Waals surface area (Å²) in [6, 6.07) is 0. The molecule has 3 atom stereocenters. The van der Waals surface area contributed by atoms with Crippen LogP contribution < -0.4 is 0 Å². The van der Waals surface area contributed by atoms with Crippen molar-refractivity contribution >= 4 is 11.9 Å². The molecule has 1 N–H and O–H groups in total. The predicted molar refractivity (Wildman–Crippen MR) is 126 cm³/mol. The Morgan fingerprint density at radius 1 is 0.645 bits per heavy atom. The van der Waals surface area contributed by atoms with Crippen LogP contribution in [0.15, 0.2) is 36.5 Å². The average molecular weight is 431 g/mol. The highest BCUT2D eigenvalue weighted by atomic mass is 16.5. The Kier molecular flexibility index (Phi) is 13.0. The van der Waals surface area contributed by atoms with Crippen LogP contribution in [0.4, 0.5) is 0 Å². The number of carboxylic acids is 1. The fraction of sp³-hybridized carbons (Fsp3) is 0.704. The van der Waals surface area contributed by atoms with Crippen molar-refractivity contribution in [2.24, 2.45) is 11.8 Å². The topological polar surface area (TPSA) is 63.6 Å². The highest BCUT2D eigenvalue weighted by Gasteiger charge is 2.21. The maximum absolute atomic E-state index is 11.1. The van der Waals surface area contributed by atoms with Crippen molar-refractivity contribution in [3.63, 3.8) is 0 Å². The third kappa shape index (κ3) is 11.9. The zero-order valence-corrected chi connectivity index (χ0v) is 19.2. The number of carbonyl (C=O) groups excluding carboxylic acids is 1. The largest absolute Gasteiger partial charge is 0.481 e. The maximum Gasteiger partial charge on any atom is 0.317 e. The molecule has 0 spiro atoms. The molecule has 0 saturated heterocycles. The SMILES string of the molecule is C1=CCCC(C2CC/C=C\CCC2)CCC1.O=C(O)CC(=O)OC1CC/C=C\CCC1. The number of carbonyl (C=O) groups is 2. The second-order valence-corrected chi connectivity index (χ2v) is 9.14. The third-order valence-corrected chi connectivity index (χ3v) is 6.61. The summed E-state index contributed by atoms with van der Waals surface area (Å²) in [7, 11) is 0. The molecule has 0 radical (unpaired) electrons. The van der Waals surface area contributed by atoms with Gasteiger partial charge in [0.25, 0.3) is 0 Å². The van der Waals surface area contributed by atoms with Gasteiger partial charge in [0, 0.05) is 0 Å². The number of rotatable bonds is 4. The lowest BCUT2D eigenvalue weighted by molar-refractivity contribution is -0.155. The van der Waals surface area contributed by atoms with Crippen molar-refractivity contribution in [3.05, 3.63) is 36.5 Å². The lowest BCUT2D eigenvalue weighted by Gasteiger charge is -2.28. The van der Waals surface area contributed by atoms with Gasteiger partial charge in [-0.1, -0.05) is 36.5 Å². The Morgan fingerprint density at radius 3 is 1.61 bits per heavy atom. The highest BCUT2D eigenvalue weighted by molar-refractivity contribution is 5.90. The van der Waals surface area contributed by atoms with Gasteiger partial charge in [0.05, 0.1) is 0 Å². The zero-order chi connectivity index (χ0) is 22.2. The van der Waals surface area contributed by atoms with Crippen molar-refractivity contribution in [1.82, 2.24) is 0 Å². The summed E-state index contributed by atoms with van der Waals surface area (Å²) in [5, 5.41) is 8.40. The van der Waals surface area contributed by atoms with Gasteiger partial charge in [-0.3, -0.25) is 9.59 Å². The number of esters is 1. The van der Waals surface area contributed by atoms with Gasteiger partial charge in [-0.2, -0.15) is 0 Å². The molecule has 3 aliphatic carbocycles. The summed E-state index contributed by atoms with van der Waals surface area (Å²) in [6.07, 6.45) is 31.7. The van der Waals surface area contributed by atoms with Crippen LogP contribution in [0, 0.1) is 11.8 Å². The first-order valence-electron chi connectivity index (χ1n) is 12.5. The Bertz CT molecular complexity index is 578. The highest BCUT2D eigenvalue weighted by Crippen LogP contribution is 2.33. The fourth-order valence-corrected chi connectivity index (χ4v) is 4.91. The van der Waals surface area contributed by atoms with E-state index >= 15 is 0 Å². The van der Waals surface area contributed by atoms with E-state index in [-0.39, 0.29) is 6.10 Å². The van der Waals surface area contributed by atoms with Crippen molar-refractivity contribution < 1.29 is 19.4 Å². The van der Waals surface area contributed by atoms with Crippen LogP contribution in [0.3, 0.4) is 0 Å². The summed E-state index contributed by atoms with van der Waals surface area (Å²) in [5.74, 6) is 0.288. The van der Waals surface area contributed by atoms with E-state index < -0.39 is 18.4 Å². The number of allylic oxidation sites excluding steroid dienone is 6. The number of hydrogen-bond acceptors (Lipinski definition) is 3. The summed E-state index contributed by atoms with van der Waals surface area (Å²) in [6.45, 7) is 0. The average Bonchev–Trinajstić information content (AvgIpc) is 2.64. The van der Waals surface area contributed by atoms with Gasteiger partial charge >= 0.3 is 11.9 Å². The minimum atomic E-state index is -1.13. The molecule has 4 heteroatoms. The van der Waals surface area contributed by atoms with E-state index in [1.54, 1.807) is 0 Å². The van der Waals surface area contributed by atoms with E-state index in [1.165, 1.54) is 64.2 Å². The van der Waals surface area contributed by atoms with E-state index in [4.69, 9.17) is 9.84 Å². The van der Waals surface area contributed by atoms with Crippen LogP contribution in [0.1, 0.15) is 103 Å². The lowest BCUT2D eigenvalue weighted by Crippen LogP contribution is -2.20. The van der Waals surface area contributed by atoms with Gasteiger partial charge in [0.15, 0.2) is 0 Å². The quantitative estimate of drug-likeness (QED) is 0.292. The number of ether oxygens (including phenoxy) is 1. The summed E-state index contributed by atoms with van der Waals surface area (Å²) >= 11 is 0. The number of carboxylic acid groups (broad SMARTS) is 1. The molecule has 0 bridgehead atoms. The lowest BCUT2D eigenvalue weighted by atomic mass is 9.77. The molecule has 0 aromatic carbocycles. The molecule has 0 aliphatic heterocycles. The fourth-order valence-electron chi connectivity index (χ4n) is 4.91. The van der Waals surface area contributed by atoms with E-state index in [0.717, 1.165) is 43.9 Å². The number of aliphatic carboxylic acids is 1. The van der Waals surface area contributed by atoms with Gasteiger partial charge < -0.3 is 9.84 Å². The van der Waals surface area contributed by atoms with Crippen LogP contribution in [-0.2, 0) is 14.3 Å². The Hall–Kier alpha value is -1.84. The Morgan fingerprint density at radius 2 is 1.10 bits per heavy atom. The van der Waals surface area contributed by atoms with E-state index in [1.807, 2.05) is 0 Å². The molecule has 3 unspecified atom stereocenters. The molecule has 4 nitrogen and oxygen atoms in total. The number of hydrogen-bond donors (Lipinski definition) is 1. The smallest absolute Gasteiger partial charge is 0.317 e. The van der Waals surface area contributed by atoms with Crippen molar-refractivity contribution in [2.45, 2.75) is 109 Å². The minimum Gasteiger partial charge on any atom is -0.481 e. The molecule has 31 heavy (non-hydrogen) atoms. The van der Waals surface area contributed by atoms with Crippen LogP contribution in [-0.4, -0.2) is 23.1 Å². The van der Waals surface area contributed by atoms with Crippen molar-refractivity contribution in [3.8, 4) is 0 Å². The van der Waals surface area contributed by atoms with Gasteiger partial charge in [0.1, 0.15) is 12.5 Å². The van der Waals surface area contributed by atoms with Gasteiger partial charge in [0.2, 0.25) is 0 Å². The Labute approximate surface area is 188 Å². The van der Waals surface area contributed by atoms with Crippen LogP contribution >= 0.6 is 0 Å². The molecule has 174 valence electrons. The summed E-state index contributed by atoms with van der Waals surface area (Å²) < 4.78 is 5.08. The first kappa shape index (κ1) is 25.4. The van der Waals surface area contributed by atoms with E-state index in [9.17, 15) is 9.59 Å². The molecule has 0 heterocycles. The normalized spacial score (nSPS) is 29.2. The van der Waals surface area contributed by atoms with Crippen LogP contribution in [0.2, 0.25) is 0 Å². The minimum absolute atomic E-state index is 0.109. The second-order valence-electron chi connectivity index (χ2n) is 9.14. The molecule has 0 aromatic rings. The molecule has 3 aliphatic rings. The molecule has 0 fully saturated rings. The van der Waals surface area contributed by atoms with Gasteiger partial charge in [-0.05, 0) is 108 Å². The van der Waals surface area contributed by atoms with Crippen molar-refractivity contribution in [1.29, 1.82) is 0 Å². The summed E-state index contributed by atoms with van der Waals surface area (Å²) in [5.41, 5.74) is 0. The molecule has 0 aromatic heterocycles. The molecule has 0 saturated carbocycles. The molecular formula is C27H42O4. The molecule has 0 amide bonds. The summed E-state index contributed by atoms with van der Waals surface area (Å²) in [4.78, 5) is 21.4.